The predicted molar refractivity (Wildman–Crippen MR) is 114 cm³/mol. The van der Waals surface area contributed by atoms with Gasteiger partial charge in [-0.15, -0.1) is 6.58 Å². The smallest absolute Gasteiger partial charge is 0.260 e. The molecule has 1 fully saturated rings. The molecule has 33 heavy (non-hydrogen) atoms. The van der Waals surface area contributed by atoms with Crippen LogP contribution in [0.3, 0.4) is 0 Å². The van der Waals surface area contributed by atoms with E-state index >= 15 is 0 Å². The molecule has 0 aliphatic carbocycles. The lowest BCUT2D eigenvalue weighted by Crippen LogP contribution is -2.51. The average Bonchev–Trinajstić information content (AvgIpc) is 2.81. The van der Waals surface area contributed by atoms with Crippen molar-refractivity contribution in [2.75, 3.05) is 39.9 Å². The number of amides is 1. The Morgan fingerprint density at radius 1 is 1.06 bits per heavy atom. The molecule has 2 aromatic carbocycles. The van der Waals surface area contributed by atoms with E-state index in [1.165, 1.54) is 12.0 Å². The summed E-state index contributed by atoms with van der Waals surface area (Å²) in [4.78, 5) is 13.0. The normalized spacial score (nSPS) is 14.7. The first kappa shape index (κ1) is 24.6. The van der Waals surface area contributed by atoms with Gasteiger partial charge in [-0.25, -0.2) is 21.6 Å². The van der Waals surface area contributed by atoms with Gasteiger partial charge in [-0.2, -0.15) is 4.31 Å². The molecular formula is C22H23F3N2O5S. The number of allylic oxidation sites excluding steroid dienone is 1. The van der Waals surface area contributed by atoms with E-state index in [1.54, 1.807) is 18.2 Å². The predicted octanol–water partition coefficient (Wildman–Crippen LogP) is 2.75. The standard InChI is InChI=1S/C22H23F3N2O5S/c1-3-4-15-5-7-17(18(13-15)31-2)32-14-20(28)26-9-11-27(12-10-26)33(29,30)19-8-6-16(23)21(24)22(19)25/h3,5-8,13H,1,4,9-12,14H2,2H3. The summed E-state index contributed by atoms with van der Waals surface area (Å²) >= 11 is 0. The van der Waals surface area contributed by atoms with Gasteiger partial charge in [0.05, 0.1) is 7.11 Å². The van der Waals surface area contributed by atoms with E-state index in [4.69, 9.17) is 9.47 Å². The summed E-state index contributed by atoms with van der Waals surface area (Å²) in [7, 11) is -2.91. The molecule has 0 bridgehead atoms. The van der Waals surface area contributed by atoms with Gasteiger partial charge in [-0.3, -0.25) is 4.79 Å². The Morgan fingerprint density at radius 2 is 1.76 bits per heavy atom. The molecule has 1 heterocycles. The molecule has 1 saturated heterocycles. The molecule has 0 aromatic heterocycles. The minimum Gasteiger partial charge on any atom is -0.493 e. The van der Waals surface area contributed by atoms with Gasteiger partial charge in [0.25, 0.3) is 5.91 Å². The largest absolute Gasteiger partial charge is 0.493 e. The molecule has 1 aliphatic rings. The molecule has 0 radical (unpaired) electrons. The van der Waals surface area contributed by atoms with Gasteiger partial charge in [-0.1, -0.05) is 12.1 Å². The van der Waals surface area contributed by atoms with Crippen LogP contribution in [0.5, 0.6) is 11.5 Å². The third kappa shape index (κ3) is 5.31. The van der Waals surface area contributed by atoms with Crippen molar-refractivity contribution in [1.82, 2.24) is 9.21 Å². The van der Waals surface area contributed by atoms with E-state index in [1.807, 2.05) is 6.07 Å². The first-order chi connectivity index (χ1) is 15.7. The summed E-state index contributed by atoms with van der Waals surface area (Å²) in [6.45, 7) is 3.18. The van der Waals surface area contributed by atoms with E-state index in [0.717, 1.165) is 9.87 Å². The van der Waals surface area contributed by atoms with E-state index in [9.17, 15) is 26.4 Å². The Balaban J connectivity index is 1.60. The lowest BCUT2D eigenvalue weighted by atomic mass is 10.1. The van der Waals surface area contributed by atoms with Gasteiger partial charge in [-0.05, 0) is 36.2 Å². The minimum absolute atomic E-state index is 0.0299. The van der Waals surface area contributed by atoms with Crippen LogP contribution in [0.15, 0.2) is 47.9 Å². The van der Waals surface area contributed by atoms with Gasteiger partial charge >= 0.3 is 0 Å². The number of benzene rings is 2. The van der Waals surface area contributed by atoms with Gasteiger partial charge < -0.3 is 14.4 Å². The van der Waals surface area contributed by atoms with Gasteiger partial charge in [0.15, 0.2) is 35.6 Å². The van der Waals surface area contributed by atoms with Crippen molar-refractivity contribution < 1.29 is 35.9 Å². The highest BCUT2D eigenvalue weighted by Crippen LogP contribution is 2.28. The number of carbonyl (C=O) groups is 1. The zero-order chi connectivity index (χ0) is 24.2. The Kier molecular flexibility index (Phi) is 7.65. The zero-order valence-electron chi connectivity index (χ0n) is 17.9. The van der Waals surface area contributed by atoms with Crippen LogP contribution in [-0.4, -0.2) is 63.4 Å². The van der Waals surface area contributed by atoms with Crippen molar-refractivity contribution in [3.05, 3.63) is 66.0 Å². The average molecular weight is 484 g/mol. The quantitative estimate of drug-likeness (QED) is 0.426. The van der Waals surface area contributed by atoms with Crippen LogP contribution < -0.4 is 9.47 Å². The summed E-state index contributed by atoms with van der Waals surface area (Å²) in [5.74, 6) is -4.62. The molecule has 0 atom stereocenters. The first-order valence-corrected chi connectivity index (χ1v) is 11.4. The van der Waals surface area contributed by atoms with Crippen LogP contribution in [0, 0.1) is 17.5 Å². The van der Waals surface area contributed by atoms with Crippen molar-refractivity contribution in [1.29, 1.82) is 0 Å². The molecule has 7 nitrogen and oxygen atoms in total. The maximum Gasteiger partial charge on any atom is 0.260 e. The maximum absolute atomic E-state index is 14.0. The summed E-state index contributed by atoms with van der Waals surface area (Å²) < 4.78 is 77.7. The summed E-state index contributed by atoms with van der Waals surface area (Å²) in [6.07, 6.45) is 2.40. The van der Waals surface area contributed by atoms with E-state index in [-0.39, 0.29) is 38.7 Å². The SMILES string of the molecule is C=CCc1ccc(OCC(=O)N2CCN(S(=O)(=O)c3ccc(F)c(F)c3F)CC2)c(OC)c1. The van der Waals surface area contributed by atoms with Crippen molar-refractivity contribution in [3.63, 3.8) is 0 Å². The molecule has 0 N–H and O–H groups in total. The summed E-state index contributed by atoms with van der Waals surface area (Å²) in [6, 6.07) is 6.53. The summed E-state index contributed by atoms with van der Waals surface area (Å²) in [5, 5.41) is 0. The number of methoxy groups -OCH3 is 1. The monoisotopic (exact) mass is 484 g/mol. The molecule has 1 aliphatic heterocycles. The number of rotatable bonds is 8. The van der Waals surface area contributed by atoms with Gasteiger partial charge in [0.1, 0.15) is 4.90 Å². The molecular weight excluding hydrogens is 461 g/mol. The number of hydrogen-bond acceptors (Lipinski definition) is 5. The Bertz CT molecular complexity index is 1150. The molecule has 3 rings (SSSR count). The van der Waals surface area contributed by atoms with E-state index < -0.39 is 32.4 Å². The summed E-state index contributed by atoms with van der Waals surface area (Å²) in [5.41, 5.74) is 0.968. The Morgan fingerprint density at radius 3 is 2.39 bits per heavy atom. The number of piperazine rings is 1. The third-order valence-electron chi connectivity index (χ3n) is 5.17. The second-order valence-corrected chi connectivity index (χ2v) is 9.13. The van der Waals surface area contributed by atoms with Crippen molar-refractivity contribution >= 4 is 15.9 Å². The lowest BCUT2D eigenvalue weighted by Gasteiger charge is -2.34. The number of nitrogens with zero attached hydrogens (tertiary/aromatic N) is 2. The highest BCUT2D eigenvalue weighted by atomic mass is 32.2. The number of ether oxygens (including phenoxy) is 2. The number of hydrogen-bond donors (Lipinski definition) is 0. The van der Waals surface area contributed by atoms with E-state index in [0.29, 0.717) is 30.1 Å². The van der Waals surface area contributed by atoms with Crippen LogP contribution in [0.2, 0.25) is 0 Å². The van der Waals surface area contributed by atoms with E-state index in [2.05, 4.69) is 6.58 Å². The second kappa shape index (κ2) is 10.3. The van der Waals surface area contributed by atoms with Crippen LogP contribution in [0.25, 0.3) is 0 Å². The molecule has 11 heteroatoms. The lowest BCUT2D eigenvalue weighted by molar-refractivity contribution is -0.134. The zero-order valence-corrected chi connectivity index (χ0v) is 18.7. The molecule has 0 spiro atoms. The molecule has 0 saturated carbocycles. The first-order valence-electron chi connectivity index (χ1n) is 10.0. The molecule has 0 unspecified atom stereocenters. The minimum atomic E-state index is -4.40. The highest BCUT2D eigenvalue weighted by molar-refractivity contribution is 7.89. The molecule has 1 amide bonds. The fourth-order valence-electron chi connectivity index (χ4n) is 3.38. The molecule has 2 aromatic rings. The fraction of sp³-hybridized carbons (Fsp3) is 0.318. The highest BCUT2D eigenvalue weighted by Gasteiger charge is 2.33. The van der Waals surface area contributed by atoms with Crippen molar-refractivity contribution in [3.8, 4) is 11.5 Å². The van der Waals surface area contributed by atoms with Crippen LogP contribution in [0.4, 0.5) is 13.2 Å². The van der Waals surface area contributed by atoms with Crippen LogP contribution >= 0.6 is 0 Å². The number of sulfonamides is 1. The van der Waals surface area contributed by atoms with Gasteiger partial charge in [0, 0.05) is 26.2 Å². The number of carbonyl (C=O) groups excluding carboxylic acids is 1. The second-order valence-electron chi connectivity index (χ2n) is 7.23. The van der Waals surface area contributed by atoms with Crippen LogP contribution in [0.1, 0.15) is 5.56 Å². The topological polar surface area (TPSA) is 76.2 Å². The van der Waals surface area contributed by atoms with Crippen LogP contribution in [-0.2, 0) is 21.2 Å². The van der Waals surface area contributed by atoms with Gasteiger partial charge in [0.2, 0.25) is 10.0 Å². The fourth-order valence-corrected chi connectivity index (χ4v) is 4.86. The maximum atomic E-state index is 14.0. The molecule has 178 valence electrons. The Labute approximate surface area is 190 Å². The Hall–Kier alpha value is -3.05. The van der Waals surface area contributed by atoms with Crippen molar-refractivity contribution in [2.45, 2.75) is 11.3 Å². The third-order valence-corrected chi connectivity index (χ3v) is 7.08. The number of halogens is 3. The van der Waals surface area contributed by atoms with Crippen molar-refractivity contribution in [2.24, 2.45) is 0 Å².